The lowest BCUT2D eigenvalue weighted by atomic mass is 10.1. The Balaban J connectivity index is 2.11. The van der Waals surface area contributed by atoms with Gasteiger partial charge in [0.15, 0.2) is 5.75 Å². The molecular weight excluding hydrogens is 254 g/mol. The number of hydrogen-bond acceptors (Lipinski definition) is 5. The Hall–Kier alpha value is -2.69. The molecule has 0 saturated heterocycles. The Morgan fingerprint density at radius 2 is 1.85 bits per heavy atom. The Kier molecular flexibility index (Phi) is 4.44. The predicted molar refractivity (Wildman–Crippen MR) is 77.5 cm³/mol. The maximum Gasteiger partial charge on any atom is 0.166 e. The average molecular weight is 269 g/mol. The highest BCUT2D eigenvalue weighted by Crippen LogP contribution is 2.32. The van der Waals surface area contributed by atoms with Gasteiger partial charge >= 0.3 is 0 Å². The van der Waals surface area contributed by atoms with Crippen LogP contribution in [0.3, 0.4) is 0 Å². The topological polar surface area (TPSA) is 88.0 Å². The quantitative estimate of drug-likeness (QED) is 0.376. The van der Waals surface area contributed by atoms with E-state index in [2.05, 4.69) is 10.2 Å². The number of carbonyl (C=O) groups excluding carboxylic acids is 1. The molecule has 0 radical (unpaired) electrons. The Bertz CT molecular complexity index is 622. The third kappa shape index (κ3) is 3.41. The number of benzene rings is 2. The monoisotopic (exact) mass is 269 g/mol. The molecule has 0 heterocycles. The molecule has 0 unspecified atom stereocenters. The number of anilines is 1. The second-order valence-corrected chi connectivity index (χ2v) is 4.29. The van der Waals surface area contributed by atoms with Gasteiger partial charge in [0.05, 0.1) is 11.4 Å². The van der Waals surface area contributed by atoms with E-state index in [-0.39, 0.29) is 11.4 Å². The molecule has 2 rings (SSSR count). The molecule has 0 aliphatic heterocycles. The predicted octanol–water partition coefficient (Wildman–Crippen LogP) is 3.52. The number of phenols is 1. The smallest absolute Gasteiger partial charge is 0.166 e. The van der Waals surface area contributed by atoms with Crippen molar-refractivity contribution in [1.29, 1.82) is 0 Å². The molecule has 2 aromatic rings. The minimum Gasteiger partial charge on any atom is -0.504 e. The molecule has 20 heavy (non-hydrogen) atoms. The van der Waals surface area contributed by atoms with Crippen molar-refractivity contribution in [3.63, 3.8) is 0 Å². The number of hydrogen-bond donors (Lipinski definition) is 2. The van der Waals surface area contributed by atoms with Crippen molar-refractivity contribution >= 4 is 23.3 Å². The molecule has 0 spiro atoms. The Morgan fingerprint density at radius 1 is 1.10 bits per heavy atom. The van der Waals surface area contributed by atoms with Crippen LogP contribution in [0.5, 0.6) is 5.75 Å². The zero-order chi connectivity index (χ0) is 14.4. The molecule has 3 N–H and O–H groups in total. The van der Waals surface area contributed by atoms with Gasteiger partial charge in [-0.1, -0.05) is 18.2 Å². The van der Waals surface area contributed by atoms with Gasteiger partial charge in [-0.05, 0) is 36.2 Å². The number of nitrogen functional groups attached to an aromatic ring is 1. The second kappa shape index (κ2) is 6.47. The molecule has 0 saturated carbocycles. The van der Waals surface area contributed by atoms with E-state index in [0.29, 0.717) is 17.8 Å². The molecule has 102 valence electrons. The number of aldehydes is 1. The van der Waals surface area contributed by atoms with E-state index in [1.54, 1.807) is 18.2 Å². The summed E-state index contributed by atoms with van der Waals surface area (Å²) in [6, 6.07) is 12.4. The van der Waals surface area contributed by atoms with Crippen LogP contribution in [-0.2, 0) is 11.2 Å². The highest BCUT2D eigenvalue weighted by atomic mass is 16.3. The van der Waals surface area contributed by atoms with Crippen LogP contribution >= 0.6 is 0 Å². The van der Waals surface area contributed by atoms with Crippen molar-refractivity contribution < 1.29 is 9.90 Å². The molecule has 5 heteroatoms. The van der Waals surface area contributed by atoms with E-state index in [9.17, 15) is 9.90 Å². The first-order chi connectivity index (χ1) is 9.70. The highest BCUT2D eigenvalue weighted by molar-refractivity contribution is 5.65. The number of nitrogens with zero attached hydrogens (tertiary/aromatic N) is 2. The number of carbonyl (C=O) groups is 1. The lowest BCUT2D eigenvalue weighted by molar-refractivity contribution is -0.107. The van der Waals surface area contributed by atoms with Crippen molar-refractivity contribution in [3.8, 4) is 5.75 Å². The number of phenolic OH excluding ortho intramolecular Hbond substituents is 1. The molecule has 0 atom stereocenters. The van der Waals surface area contributed by atoms with Gasteiger partial charge in [-0.2, -0.15) is 5.11 Å². The lowest BCUT2D eigenvalue weighted by Gasteiger charge is -2.01. The van der Waals surface area contributed by atoms with E-state index in [0.717, 1.165) is 18.3 Å². The third-order valence-corrected chi connectivity index (χ3v) is 2.81. The summed E-state index contributed by atoms with van der Waals surface area (Å²) in [6.45, 7) is 0. The van der Waals surface area contributed by atoms with Crippen LogP contribution in [0.4, 0.5) is 17.1 Å². The van der Waals surface area contributed by atoms with Gasteiger partial charge in [-0.3, -0.25) is 0 Å². The highest BCUT2D eigenvalue weighted by Gasteiger charge is 2.02. The van der Waals surface area contributed by atoms with Crippen LogP contribution in [0.15, 0.2) is 52.7 Å². The van der Waals surface area contributed by atoms with E-state index in [4.69, 9.17) is 5.73 Å². The van der Waals surface area contributed by atoms with Crippen LogP contribution < -0.4 is 5.73 Å². The molecule has 5 nitrogen and oxygen atoms in total. The number of aryl methyl sites for hydroxylation is 1. The fourth-order valence-electron chi connectivity index (χ4n) is 1.70. The normalized spacial score (nSPS) is 10.8. The summed E-state index contributed by atoms with van der Waals surface area (Å²) in [5.74, 6) is -0.0705. The molecule has 0 bridgehead atoms. The van der Waals surface area contributed by atoms with Gasteiger partial charge in [0.2, 0.25) is 0 Å². The van der Waals surface area contributed by atoms with E-state index in [1.165, 1.54) is 0 Å². The standard InChI is InChI=1S/C15H15N3O2/c16-13-4-1-5-14(15(13)20)18-17-12-8-6-11(7-9-12)3-2-10-19/h1,4-10,20H,2-3,16H2. The summed E-state index contributed by atoms with van der Waals surface area (Å²) in [4.78, 5) is 10.3. The number of nitrogens with two attached hydrogens (primary N) is 1. The van der Waals surface area contributed by atoms with Crippen LogP contribution in [-0.4, -0.2) is 11.4 Å². The van der Waals surface area contributed by atoms with Crippen LogP contribution in [0.1, 0.15) is 12.0 Å². The molecular formula is C15H15N3O2. The fourth-order valence-corrected chi connectivity index (χ4v) is 1.70. The first-order valence-corrected chi connectivity index (χ1v) is 6.22. The largest absolute Gasteiger partial charge is 0.504 e. The third-order valence-electron chi connectivity index (χ3n) is 2.81. The first-order valence-electron chi connectivity index (χ1n) is 6.22. The minimum atomic E-state index is -0.0705. The van der Waals surface area contributed by atoms with Crippen LogP contribution in [0, 0.1) is 0 Å². The summed E-state index contributed by atoms with van der Waals surface area (Å²) >= 11 is 0. The van der Waals surface area contributed by atoms with Crippen LogP contribution in [0.25, 0.3) is 0 Å². The summed E-state index contributed by atoms with van der Waals surface area (Å²) in [5, 5.41) is 17.7. The van der Waals surface area contributed by atoms with Crippen molar-refractivity contribution in [3.05, 3.63) is 48.0 Å². The first kappa shape index (κ1) is 13.7. The Labute approximate surface area is 116 Å². The number of rotatable bonds is 5. The molecule has 0 aliphatic rings. The fraction of sp³-hybridized carbons (Fsp3) is 0.133. The summed E-state index contributed by atoms with van der Waals surface area (Å²) < 4.78 is 0. The number of aromatic hydroxyl groups is 1. The molecule has 0 amide bonds. The van der Waals surface area contributed by atoms with E-state index < -0.39 is 0 Å². The van der Waals surface area contributed by atoms with Gasteiger partial charge in [-0.15, -0.1) is 5.11 Å². The second-order valence-electron chi connectivity index (χ2n) is 4.29. The SMILES string of the molecule is Nc1cccc(N=Nc2ccc(CCC=O)cc2)c1O. The summed E-state index contributed by atoms with van der Waals surface area (Å²) in [7, 11) is 0. The van der Waals surface area contributed by atoms with Crippen molar-refractivity contribution in [2.45, 2.75) is 12.8 Å². The molecule has 2 aromatic carbocycles. The van der Waals surface area contributed by atoms with E-state index in [1.807, 2.05) is 24.3 Å². The average Bonchev–Trinajstić information content (AvgIpc) is 2.48. The zero-order valence-electron chi connectivity index (χ0n) is 10.9. The molecule has 0 aromatic heterocycles. The van der Waals surface area contributed by atoms with Crippen molar-refractivity contribution in [1.82, 2.24) is 0 Å². The Morgan fingerprint density at radius 3 is 2.55 bits per heavy atom. The maximum absolute atomic E-state index is 10.3. The van der Waals surface area contributed by atoms with Crippen molar-refractivity contribution in [2.24, 2.45) is 10.2 Å². The van der Waals surface area contributed by atoms with Crippen LogP contribution in [0.2, 0.25) is 0 Å². The minimum absolute atomic E-state index is 0.0705. The van der Waals surface area contributed by atoms with Gasteiger partial charge in [-0.25, -0.2) is 0 Å². The van der Waals surface area contributed by atoms with E-state index >= 15 is 0 Å². The summed E-state index contributed by atoms with van der Waals surface area (Å²) in [6.07, 6.45) is 2.13. The van der Waals surface area contributed by atoms with Crippen molar-refractivity contribution in [2.75, 3.05) is 5.73 Å². The summed E-state index contributed by atoms with van der Waals surface area (Å²) in [5.41, 5.74) is 7.91. The zero-order valence-corrected chi connectivity index (χ0v) is 10.9. The molecule has 0 fully saturated rings. The number of para-hydroxylation sites is 1. The van der Waals surface area contributed by atoms with Gasteiger partial charge < -0.3 is 15.6 Å². The maximum atomic E-state index is 10.3. The van der Waals surface area contributed by atoms with Gasteiger partial charge in [0.25, 0.3) is 0 Å². The lowest BCUT2D eigenvalue weighted by Crippen LogP contribution is -1.84. The van der Waals surface area contributed by atoms with Gasteiger partial charge in [0, 0.05) is 6.42 Å². The number of azo groups is 1. The molecule has 0 aliphatic carbocycles. The van der Waals surface area contributed by atoms with Gasteiger partial charge in [0.1, 0.15) is 12.0 Å².